The molecular weight excluding hydrogens is 388 g/mol. The average molecular weight is 405 g/mol. The molecule has 0 bridgehead atoms. The van der Waals surface area contributed by atoms with Gasteiger partial charge in [-0.3, -0.25) is 0 Å². The summed E-state index contributed by atoms with van der Waals surface area (Å²) in [5.74, 6) is -1.27. The second-order valence-electron chi connectivity index (χ2n) is 5.90. The number of nitrogens with two attached hydrogens (primary N) is 1. The van der Waals surface area contributed by atoms with Gasteiger partial charge in [0.05, 0.1) is 16.3 Å². The molecule has 3 aromatic carbocycles. The lowest BCUT2D eigenvalue weighted by Gasteiger charge is -2.27. The molecule has 0 radical (unpaired) electrons. The second kappa shape index (κ2) is 7.19. The third-order valence-electron chi connectivity index (χ3n) is 4.24. The van der Waals surface area contributed by atoms with E-state index in [0.29, 0.717) is 6.54 Å². The van der Waals surface area contributed by atoms with Gasteiger partial charge in [0.15, 0.2) is 0 Å². The van der Waals surface area contributed by atoms with Crippen molar-refractivity contribution in [3.05, 3.63) is 65.2 Å². The number of carboxylic acid groups (broad SMARTS) is 1. The lowest BCUT2D eigenvalue weighted by atomic mass is 10.1. The van der Waals surface area contributed by atoms with E-state index < -0.39 is 20.9 Å². The van der Waals surface area contributed by atoms with E-state index in [2.05, 4.69) is 0 Å². The van der Waals surface area contributed by atoms with Crippen LogP contribution < -0.4 is 10.0 Å². The van der Waals surface area contributed by atoms with Crippen LogP contribution in [0.25, 0.3) is 10.8 Å². The van der Waals surface area contributed by atoms with E-state index in [1.54, 1.807) is 4.90 Å². The zero-order valence-corrected chi connectivity index (χ0v) is 16.0. The fourth-order valence-electron chi connectivity index (χ4n) is 3.02. The van der Waals surface area contributed by atoms with Crippen LogP contribution in [0.1, 0.15) is 17.3 Å². The van der Waals surface area contributed by atoms with E-state index in [4.69, 9.17) is 16.7 Å². The zero-order chi connectivity index (χ0) is 19.8. The first kappa shape index (κ1) is 19.2. The maximum atomic E-state index is 11.9. The van der Waals surface area contributed by atoms with E-state index in [1.807, 2.05) is 49.4 Å². The van der Waals surface area contributed by atoms with Crippen LogP contribution in [0, 0.1) is 0 Å². The largest absolute Gasteiger partial charge is 0.478 e. The third-order valence-corrected chi connectivity index (χ3v) is 5.68. The van der Waals surface area contributed by atoms with Gasteiger partial charge in [0.25, 0.3) is 0 Å². The maximum absolute atomic E-state index is 11.9. The summed E-state index contributed by atoms with van der Waals surface area (Å²) in [6.07, 6.45) is 0. The Kier molecular flexibility index (Phi) is 5.10. The topological polar surface area (TPSA) is 101 Å². The third kappa shape index (κ3) is 3.62. The highest BCUT2D eigenvalue weighted by molar-refractivity contribution is 7.89. The highest BCUT2D eigenvalue weighted by Crippen LogP contribution is 2.39. The second-order valence-corrected chi connectivity index (χ2v) is 7.81. The van der Waals surface area contributed by atoms with Gasteiger partial charge in [0.2, 0.25) is 10.0 Å². The van der Waals surface area contributed by atoms with Crippen LogP contribution in [0.3, 0.4) is 0 Å². The minimum absolute atomic E-state index is 0.114. The highest BCUT2D eigenvalue weighted by Gasteiger charge is 2.24. The summed E-state index contributed by atoms with van der Waals surface area (Å²) in [7, 11) is -4.20. The summed E-state index contributed by atoms with van der Waals surface area (Å²) < 4.78 is 23.8. The van der Waals surface area contributed by atoms with Gasteiger partial charge in [-0.2, -0.15) is 0 Å². The van der Waals surface area contributed by atoms with E-state index in [1.165, 1.54) is 6.07 Å². The molecule has 0 heterocycles. The monoisotopic (exact) mass is 404 g/mol. The molecule has 0 unspecified atom stereocenters. The molecule has 0 spiro atoms. The van der Waals surface area contributed by atoms with Crippen LogP contribution in [0.15, 0.2) is 59.5 Å². The van der Waals surface area contributed by atoms with Crippen molar-refractivity contribution >= 4 is 49.7 Å². The number of benzene rings is 3. The number of primary sulfonamides is 1. The zero-order valence-electron chi connectivity index (χ0n) is 14.4. The van der Waals surface area contributed by atoms with Gasteiger partial charge in [0, 0.05) is 17.6 Å². The molecule has 0 fully saturated rings. The fourth-order valence-corrected chi connectivity index (χ4v) is 4.20. The number of carbonyl (C=O) groups is 1. The Hall–Kier alpha value is -2.61. The number of hydrogen-bond donors (Lipinski definition) is 2. The number of halogens is 1. The Morgan fingerprint density at radius 2 is 1.78 bits per heavy atom. The van der Waals surface area contributed by atoms with E-state index >= 15 is 0 Å². The van der Waals surface area contributed by atoms with Crippen molar-refractivity contribution < 1.29 is 18.3 Å². The van der Waals surface area contributed by atoms with Crippen molar-refractivity contribution in [1.29, 1.82) is 0 Å². The van der Waals surface area contributed by atoms with Crippen LogP contribution in [-0.2, 0) is 10.0 Å². The lowest BCUT2D eigenvalue weighted by molar-refractivity contribution is 0.0696. The molecule has 27 heavy (non-hydrogen) atoms. The Morgan fingerprint density at radius 3 is 2.41 bits per heavy atom. The van der Waals surface area contributed by atoms with Crippen LogP contribution in [0.2, 0.25) is 5.02 Å². The molecule has 6 nitrogen and oxygen atoms in total. The Morgan fingerprint density at radius 1 is 1.11 bits per heavy atom. The smallest absolute Gasteiger partial charge is 0.335 e. The van der Waals surface area contributed by atoms with Crippen molar-refractivity contribution in [3.63, 3.8) is 0 Å². The number of sulfonamides is 1. The number of anilines is 2. The number of aromatic carboxylic acids is 1. The molecule has 8 heteroatoms. The van der Waals surface area contributed by atoms with Gasteiger partial charge in [-0.05, 0) is 30.5 Å². The minimum Gasteiger partial charge on any atom is -0.478 e. The van der Waals surface area contributed by atoms with Crippen molar-refractivity contribution in [3.8, 4) is 0 Å². The predicted molar refractivity (Wildman–Crippen MR) is 106 cm³/mol. The molecule has 140 valence electrons. The standard InChI is InChI=1S/C19H17ClN2O4S/c1-2-22(15-9-5-7-12-6-3-4-8-14(12)15)16-10-13(19(23)24)11-17(18(16)20)27(21,25)26/h3-11H,2H2,1H3,(H,23,24)(H2,21,25,26). The van der Waals surface area contributed by atoms with Crippen molar-refractivity contribution in [2.75, 3.05) is 11.4 Å². The Bertz CT molecular complexity index is 1140. The van der Waals surface area contributed by atoms with E-state index in [0.717, 1.165) is 22.5 Å². The molecular formula is C19H17ClN2O4S. The van der Waals surface area contributed by atoms with Gasteiger partial charge in [0.1, 0.15) is 4.90 Å². The molecule has 0 aliphatic carbocycles. The molecule has 0 saturated heterocycles. The molecule has 0 amide bonds. The number of hydrogen-bond acceptors (Lipinski definition) is 4. The van der Waals surface area contributed by atoms with Crippen LogP contribution >= 0.6 is 11.6 Å². The van der Waals surface area contributed by atoms with Gasteiger partial charge in [-0.15, -0.1) is 0 Å². The highest BCUT2D eigenvalue weighted by atomic mass is 35.5. The molecule has 3 aromatic rings. The Labute approximate surface area is 161 Å². The van der Waals surface area contributed by atoms with E-state index in [-0.39, 0.29) is 16.3 Å². The summed E-state index contributed by atoms with van der Waals surface area (Å²) in [6.45, 7) is 2.29. The van der Waals surface area contributed by atoms with Gasteiger partial charge in [-0.1, -0.05) is 48.0 Å². The summed E-state index contributed by atoms with van der Waals surface area (Å²) >= 11 is 6.35. The molecule has 0 saturated carbocycles. The quantitative estimate of drug-likeness (QED) is 0.669. The molecule has 3 N–H and O–H groups in total. The number of fused-ring (bicyclic) bond motifs is 1. The molecule has 0 aliphatic rings. The summed E-state index contributed by atoms with van der Waals surface area (Å²) in [5.41, 5.74) is 0.831. The average Bonchev–Trinajstić information content (AvgIpc) is 2.62. The maximum Gasteiger partial charge on any atom is 0.335 e. The fraction of sp³-hybridized carbons (Fsp3) is 0.105. The molecule has 0 aromatic heterocycles. The minimum atomic E-state index is -4.20. The summed E-state index contributed by atoms with van der Waals surface area (Å²) in [4.78, 5) is 12.9. The van der Waals surface area contributed by atoms with Gasteiger partial charge in [-0.25, -0.2) is 18.4 Å². The van der Waals surface area contributed by atoms with Crippen molar-refractivity contribution in [1.82, 2.24) is 0 Å². The van der Waals surface area contributed by atoms with E-state index in [9.17, 15) is 18.3 Å². The van der Waals surface area contributed by atoms with Crippen molar-refractivity contribution in [2.45, 2.75) is 11.8 Å². The van der Waals surface area contributed by atoms with Gasteiger partial charge < -0.3 is 10.0 Å². The number of carboxylic acids is 1. The molecule has 3 rings (SSSR count). The lowest BCUT2D eigenvalue weighted by Crippen LogP contribution is -2.20. The molecule has 0 aliphatic heterocycles. The van der Waals surface area contributed by atoms with Crippen LogP contribution in [0.4, 0.5) is 11.4 Å². The van der Waals surface area contributed by atoms with Crippen molar-refractivity contribution in [2.24, 2.45) is 5.14 Å². The van der Waals surface area contributed by atoms with Gasteiger partial charge >= 0.3 is 5.97 Å². The first-order chi connectivity index (χ1) is 12.7. The first-order valence-electron chi connectivity index (χ1n) is 8.09. The number of nitrogens with zero attached hydrogens (tertiary/aromatic N) is 1. The molecule has 0 atom stereocenters. The first-order valence-corrected chi connectivity index (χ1v) is 10.0. The Balaban J connectivity index is 2.33. The number of rotatable bonds is 5. The normalized spacial score (nSPS) is 11.5. The SMILES string of the molecule is CCN(c1cc(C(=O)O)cc(S(N)(=O)=O)c1Cl)c1cccc2ccccc12. The predicted octanol–water partition coefficient (Wildman–Crippen LogP) is 4.00. The summed E-state index contributed by atoms with van der Waals surface area (Å²) in [6, 6.07) is 15.7. The summed E-state index contributed by atoms with van der Waals surface area (Å²) in [5, 5.41) is 16.4. The van der Waals surface area contributed by atoms with Crippen LogP contribution in [-0.4, -0.2) is 26.0 Å². The van der Waals surface area contributed by atoms with Crippen LogP contribution in [0.5, 0.6) is 0 Å².